The van der Waals surface area contributed by atoms with Crippen molar-refractivity contribution >= 4 is 12.3 Å². The van der Waals surface area contributed by atoms with Gasteiger partial charge in [0.1, 0.15) is 0 Å². The van der Waals surface area contributed by atoms with Crippen molar-refractivity contribution in [2.75, 3.05) is 0 Å². The second kappa shape index (κ2) is 13.0. The summed E-state index contributed by atoms with van der Waals surface area (Å²) < 4.78 is 0. The summed E-state index contributed by atoms with van der Waals surface area (Å²) in [5, 5.41) is 6.00. The summed E-state index contributed by atoms with van der Waals surface area (Å²) in [4.78, 5) is 28.7. The zero-order valence-corrected chi connectivity index (χ0v) is 18.0. The minimum Gasteiger partial charge on any atom is -0.355 e. The zero-order valence-electron chi connectivity index (χ0n) is 18.0. The molecule has 32 heavy (non-hydrogen) atoms. The third kappa shape index (κ3) is 7.98. The molecule has 0 saturated heterocycles. The van der Waals surface area contributed by atoms with E-state index in [0.29, 0.717) is 32.5 Å². The maximum Gasteiger partial charge on any atom is 0.260 e. The highest BCUT2D eigenvalue weighted by molar-refractivity contribution is 5.80. The molecule has 3 aromatic carbocycles. The molecule has 0 heterocycles. The number of rotatable bonds is 13. The molecular weight excluding hydrogens is 402 g/mol. The van der Waals surface area contributed by atoms with Crippen molar-refractivity contribution in [3.05, 3.63) is 107 Å². The van der Waals surface area contributed by atoms with Crippen LogP contribution < -0.4 is 16.1 Å². The largest absolute Gasteiger partial charge is 0.355 e. The summed E-state index contributed by atoms with van der Waals surface area (Å²) in [7, 11) is 0. The molecule has 0 spiro atoms. The van der Waals surface area contributed by atoms with E-state index in [-0.39, 0.29) is 5.91 Å². The van der Waals surface area contributed by atoms with Crippen LogP contribution in [0.1, 0.15) is 28.7 Å². The zero-order chi connectivity index (χ0) is 22.4. The van der Waals surface area contributed by atoms with Crippen molar-refractivity contribution < 1.29 is 14.4 Å². The van der Waals surface area contributed by atoms with Crippen LogP contribution in [0.3, 0.4) is 0 Å². The second-order valence-electron chi connectivity index (χ2n) is 7.51. The number of hydrogen-bond acceptors (Lipinski definition) is 4. The predicted molar refractivity (Wildman–Crippen MR) is 124 cm³/mol. The Hall–Kier alpha value is -3.48. The summed E-state index contributed by atoms with van der Waals surface area (Å²) in [6.07, 6.45) is 2.11. The second-order valence-corrected chi connectivity index (χ2v) is 7.51. The van der Waals surface area contributed by atoms with E-state index in [1.54, 1.807) is 0 Å². The Morgan fingerprint density at radius 3 is 2.00 bits per heavy atom. The normalized spacial score (nSPS) is 11.5. The Labute approximate surface area is 189 Å². The smallest absolute Gasteiger partial charge is 0.260 e. The average molecular weight is 432 g/mol. The van der Waals surface area contributed by atoms with E-state index in [2.05, 4.69) is 28.2 Å². The molecule has 3 rings (SSSR count). The lowest BCUT2D eigenvalue weighted by Gasteiger charge is -2.19. The van der Waals surface area contributed by atoms with Crippen molar-refractivity contribution in [3.63, 3.8) is 0 Å². The van der Waals surface area contributed by atoms with Crippen LogP contribution in [0.5, 0.6) is 0 Å². The summed E-state index contributed by atoms with van der Waals surface area (Å²) >= 11 is 0. The first-order valence-corrected chi connectivity index (χ1v) is 10.7. The van der Waals surface area contributed by atoms with Crippen LogP contribution in [0, 0.1) is 0 Å². The number of amides is 2. The van der Waals surface area contributed by atoms with E-state index in [0.717, 1.165) is 23.1 Å². The number of aryl methyl sites for hydroxylation is 1. The van der Waals surface area contributed by atoms with Crippen LogP contribution in [0.4, 0.5) is 0 Å². The molecule has 6 heteroatoms. The fourth-order valence-corrected chi connectivity index (χ4v) is 3.29. The molecule has 3 aromatic rings. The highest BCUT2D eigenvalue weighted by Gasteiger charge is 2.18. The molecule has 0 fully saturated rings. The van der Waals surface area contributed by atoms with Gasteiger partial charge in [-0.1, -0.05) is 84.9 Å². The fourth-order valence-electron chi connectivity index (χ4n) is 3.29. The molecule has 1 unspecified atom stereocenters. The van der Waals surface area contributed by atoms with Crippen LogP contribution in [-0.4, -0.2) is 18.4 Å². The topological polar surface area (TPSA) is 79.5 Å². The van der Waals surface area contributed by atoms with Gasteiger partial charge >= 0.3 is 0 Å². The van der Waals surface area contributed by atoms with Crippen LogP contribution in [0.2, 0.25) is 0 Å². The summed E-state index contributed by atoms with van der Waals surface area (Å²) in [6, 6.07) is 27.3. The lowest BCUT2D eigenvalue weighted by Crippen LogP contribution is -2.44. The Kier molecular flexibility index (Phi) is 9.45. The third-order valence-corrected chi connectivity index (χ3v) is 5.10. The molecule has 2 amide bonds. The Morgan fingerprint density at radius 1 is 0.781 bits per heavy atom. The van der Waals surface area contributed by atoms with Crippen LogP contribution >= 0.6 is 0 Å². The monoisotopic (exact) mass is 431 g/mol. The van der Waals surface area contributed by atoms with Crippen LogP contribution in [0.15, 0.2) is 84.9 Å². The third-order valence-electron chi connectivity index (χ3n) is 5.10. The van der Waals surface area contributed by atoms with E-state index in [1.807, 2.05) is 72.8 Å². The predicted octanol–water partition coefficient (Wildman–Crippen LogP) is 3.27. The molecular formula is C26H29N3O3. The SMILES string of the molecule is O=CNCc1ccc(CNC(CCc2ccccc2)C(=O)NOCc2ccccc2)cc1. The van der Waals surface area contributed by atoms with E-state index in [1.165, 1.54) is 5.56 Å². The van der Waals surface area contributed by atoms with Gasteiger partial charge in [0.15, 0.2) is 0 Å². The first kappa shape index (κ1) is 23.2. The first-order valence-electron chi connectivity index (χ1n) is 10.7. The molecule has 3 N–H and O–H groups in total. The van der Waals surface area contributed by atoms with E-state index >= 15 is 0 Å². The van der Waals surface area contributed by atoms with Crippen LogP contribution in [0.25, 0.3) is 0 Å². The standard InChI is InChI=1S/C26H29N3O3/c30-20-27-17-22-11-13-23(14-12-22)18-28-25(16-15-21-7-3-1-4-8-21)26(31)29-32-19-24-9-5-2-6-10-24/h1-14,20,25,28H,15-19H2,(H,27,30)(H,29,31). The van der Waals surface area contributed by atoms with E-state index in [9.17, 15) is 9.59 Å². The van der Waals surface area contributed by atoms with Gasteiger partial charge in [0, 0.05) is 13.1 Å². The van der Waals surface area contributed by atoms with Gasteiger partial charge in [-0.2, -0.15) is 0 Å². The lowest BCUT2D eigenvalue weighted by molar-refractivity contribution is -0.137. The molecule has 6 nitrogen and oxygen atoms in total. The van der Waals surface area contributed by atoms with Gasteiger partial charge in [0.25, 0.3) is 5.91 Å². The van der Waals surface area contributed by atoms with Gasteiger partial charge < -0.3 is 10.6 Å². The van der Waals surface area contributed by atoms with E-state index in [4.69, 9.17) is 4.84 Å². The van der Waals surface area contributed by atoms with Gasteiger partial charge in [-0.05, 0) is 35.1 Å². The first-order chi connectivity index (χ1) is 15.7. The lowest BCUT2D eigenvalue weighted by atomic mass is 10.0. The van der Waals surface area contributed by atoms with Crippen molar-refractivity contribution in [2.24, 2.45) is 0 Å². The van der Waals surface area contributed by atoms with Gasteiger partial charge in [0.05, 0.1) is 12.6 Å². The number of benzene rings is 3. The quantitative estimate of drug-likeness (QED) is 0.287. The number of hydrogen-bond donors (Lipinski definition) is 3. The molecule has 0 aliphatic rings. The number of nitrogens with one attached hydrogen (secondary N) is 3. The number of hydroxylamine groups is 1. The van der Waals surface area contributed by atoms with E-state index < -0.39 is 6.04 Å². The van der Waals surface area contributed by atoms with Gasteiger partial charge in [-0.15, -0.1) is 0 Å². The molecule has 0 radical (unpaired) electrons. The highest BCUT2D eigenvalue weighted by atomic mass is 16.6. The Morgan fingerprint density at radius 2 is 1.38 bits per heavy atom. The minimum atomic E-state index is -0.401. The maximum absolute atomic E-state index is 12.8. The van der Waals surface area contributed by atoms with Crippen molar-refractivity contribution in [1.82, 2.24) is 16.1 Å². The summed E-state index contributed by atoms with van der Waals surface area (Å²) in [6.45, 7) is 1.36. The van der Waals surface area contributed by atoms with Crippen LogP contribution in [-0.2, 0) is 40.5 Å². The van der Waals surface area contributed by atoms with Crippen molar-refractivity contribution in [1.29, 1.82) is 0 Å². The molecule has 0 bridgehead atoms. The van der Waals surface area contributed by atoms with Crippen molar-refractivity contribution in [3.8, 4) is 0 Å². The fraction of sp³-hybridized carbons (Fsp3) is 0.231. The molecule has 0 aliphatic carbocycles. The Bertz CT molecular complexity index is 947. The van der Waals surface area contributed by atoms with Crippen molar-refractivity contribution in [2.45, 2.75) is 38.6 Å². The molecule has 166 valence electrons. The van der Waals surface area contributed by atoms with Gasteiger partial charge in [-0.25, -0.2) is 5.48 Å². The highest BCUT2D eigenvalue weighted by Crippen LogP contribution is 2.09. The average Bonchev–Trinajstić information content (AvgIpc) is 2.84. The molecule has 1 atom stereocenters. The number of carbonyl (C=O) groups excluding carboxylic acids is 2. The summed E-state index contributed by atoms with van der Waals surface area (Å²) in [5.41, 5.74) is 6.85. The summed E-state index contributed by atoms with van der Waals surface area (Å²) in [5.74, 6) is -0.191. The minimum absolute atomic E-state index is 0.191. The molecule has 0 saturated carbocycles. The Balaban J connectivity index is 1.55. The molecule has 0 aliphatic heterocycles. The maximum atomic E-state index is 12.8. The van der Waals surface area contributed by atoms with Gasteiger partial charge in [-0.3, -0.25) is 14.4 Å². The van der Waals surface area contributed by atoms with Gasteiger partial charge in [0.2, 0.25) is 6.41 Å². The number of carbonyl (C=O) groups is 2. The molecule has 0 aromatic heterocycles.